The van der Waals surface area contributed by atoms with E-state index in [1.54, 1.807) is 7.11 Å². The summed E-state index contributed by atoms with van der Waals surface area (Å²) in [5, 5.41) is 0. The molecule has 1 aromatic heterocycles. The van der Waals surface area contributed by atoms with Gasteiger partial charge in [0.25, 0.3) is 0 Å². The number of hydrogen-bond donors (Lipinski definition) is 0. The van der Waals surface area contributed by atoms with E-state index in [4.69, 9.17) is 16.3 Å². The Morgan fingerprint density at radius 2 is 1.89 bits per heavy atom. The Hall–Kier alpha value is -2.00. The highest BCUT2D eigenvalue weighted by molar-refractivity contribution is 6.17. The van der Waals surface area contributed by atoms with Crippen molar-refractivity contribution in [3.63, 3.8) is 0 Å². The van der Waals surface area contributed by atoms with Gasteiger partial charge in [0, 0.05) is 5.69 Å². The molecular formula is C15H13ClN2O. The first-order chi connectivity index (χ1) is 9.35. The average molecular weight is 273 g/mol. The lowest BCUT2D eigenvalue weighted by Gasteiger charge is -2.07. The fraction of sp³-hybridized carbons (Fsp3) is 0.133. The minimum absolute atomic E-state index is 0.354. The molecule has 0 saturated carbocycles. The van der Waals surface area contributed by atoms with Gasteiger partial charge in [-0.05, 0) is 24.3 Å². The summed E-state index contributed by atoms with van der Waals surface area (Å²) in [7, 11) is 1.65. The lowest BCUT2D eigenvalue weighted by atomic mass is 10.2. The Balaban J connectivity index is 2.34. The van der Waals surface area contributed by atoms with Crippen LogP contribution in [0.5, 0.6) is 5.75 Å². The maximum Gasteiger partial charge on any atom is 0.146 e. The zero-order chi connectivity index (χ0) is 13.2. The summed E-state index contributed by atoms with van der Waals surface area (Å²) in [5.41, 5.74) is 2.89. The van der Waals surface area contributed by atoms with Crippen molar-refractivity contribution in [2.75, 3.05) is 7.11 Å². The molecule has 3 nitrogen and oxygen atoms in total. The second-order valence-corrected chi connectivity index (χ2v) is 4.43. The molecule has 2 aromatic carbocycles. The first-order valence-corrected chi connectivity index (χ1v) is 6.54. The molecule has 3 aromatic rings. The van der Waals surface area contributed by atoms with Crippen molar-refractivity contribution < 1.29 is 4.74 Å². The van der Waals surface area contributed by atoms with Crippen LogP contribution in [0.25, 0.3) is 16.7 Å². The van der Waals surface area contributed by atoms with Crippen molar-refractivity contribution in [2.45, 2.75) is 5.88 Å². The molecule has 1 heterocycles. The number of fused-ring (bicyclic) bond motifs is 1. The molecule has 19 heavy (non-hydrogen) atoms. The zero-order valence-corrected chi connectivity index (χ0v) is 11.3. The molecule has 96 valence electrons. The summed E-state index contributed by atoms with van der Waals surface area (Å²) < 4.78 is 7.42. The number of rotatable bonds is 3. The van der Waals surface area contributed by atoms with Gasteiger partial charge in [0.15, 0.2) is 0 Å². The molecule has 0 aliphatic rings. The second-order valence-electron chi connectivity index (χ2n) is 4.16. The van der Waals surface area contributed by atoms with Crippen LogP contribution in [0.2, 0.25) is 0 Å². The molecule has 0 spiro atoms. The predicted octanol–water partition coefficient (Wildman–Crippen LogP) is 3.77. The van der Waals surface area contributed by atoms with E-state index in [0.29, 0.717) is 5.88 Å². The molecule has 3 rings (SSSR count). The van der Waals surface area contributed by atoms with Gasteiger partial charge in [-0.2, -0.15) is 0 Å². The average Bonchev–Trinajstić information content (AvgIpc) is 2.86. The SMILES string of the molecule is COc1cccc2c1nc(CCl)n2-c1ccccc1. The van der Waals surface area contributed by atoms with Crippen molar-refractivity contribution in [1.82, 2.24) is 9.55 Å². The smallest absolute Gasteiger partial charge is 0.146 e. The van der Waals surface area contributed by atoms with Crippen LogP contribution in [0, 0.1) is 0 Å². The fourth-order valence-corrected chi connectivity index (χ4v) is 2.42. The van der Waals surface area contributed by atoms with Gasteiger partial charge in [-0.15, -0.1) is 11.6 Å². The van der Waals surface area contributed by atoms with Crippen LogP contribution in [0.4, 0.5) is 0 Å². The number of imidazole rings is 1. The molecule has 4 heteroatoms. The normalized spacial score (nSPS) is 10.8. The Bertz CT molecular complexity index is 707. The first kappa shape index (κ1) is 12.1. The first-order valence-electron chi connectivity index (χ1n) is 6.01. The number of nitrogens with zero attached hydrogens (tertiary/aromatic N) is 2. The number of aromatic nitrogens is 2. The fourth-order valence-electron chi connectivity index (χ4n) is 2.24. The van der Waals surface area contributed by atoms with Gasteiger partial charge in [-0.1, -0.05) is 24.3 Å². The third-order valence-corrected chi connectivity index (χ3v) is 3.31. The van der Waals surface area contributed by atoms with Gasteiger partial charge in [-0.25, -0.2) is 4.98 Å². The van der Waals surface area contributed by atoms with E-state index in [-0.39, 0.29) is 0 Å². The Kier molecular flexibility index (Phi) is 3.13. The number of alkyl halides is 1. The Labute approximate surface area is 116 Å². The Morgan fingerprint density at radius 3 is 2.58 bits per heavy atom. The van der Waals surface area contributed by atoms with Gasteiger partial charge in [0.1, 0.15) is 17.1 Å². The van der Waals surface area contributed by atoms with Crippen molar-refractivity contribution in [2.24, 2.45) is 0 Å². The monoisotopic (exact) mass is 272 g/mol. The molecular weight excluding hydrogens is 260 g/mol. The van der Waals surface area contributed by atoms with Crippen molar-refractivity contribution in [3.8, 4) is 11.4 Å². The van der Waals surface area contributed by atoms with Gasteiger partial charge < -0.3 is 4.74 Å². The maximum absolute atomic E-state index is 6.02. The second kappa shape index (κ2) is 4.94. The standard InChI is InChI=1S/C15H13ClN2O/c1-19-13-9-5-8-12-15(13)17-14(10-16)18(12)11-6-3-2-4-7-11/h2-9H,10H2,1H3. The van der Waals surface area contributed by atoms with Crippen LogP contribution in [0.1, 0.15) is 5.82 Å². The minimum atomic E-state index is 0.354. The van der Waals surface area contributed by atoms with Gasteiger partial charge in [0.2, 0.25) is 0 Å². The molecule has 0 unspecified atom stereocenters. The topological polar surface area (TPSA) is 27.1 Å². The van der Waals surface area contributed by atoms with E-state index in [9.17, 15) is 0 Å². The number of methoxy groups -OCH3 is 1. The molecule has 0 saturated heterocycles. The van der Waals surface area contributed by atoms with Crippen molar-refractivity contribution >= 4 is 22.6 Å². The molecule has 0 aliphatic heterocycles. The Morgan fingerprint density at radius 1 is 1.11 bits per heavy atom. The van der Waals surface area contributed by atoms with E-state index in [1.165, 1.54) is 0 Å². The van der Waals surface area contributed by atoms with Crippen LogP contribution < -0.4 is 4.74 Å². The molecule has 0 aliphatic carbocycles. The van der Waals surface area contributed by atoms with Crippen LogP contribution in [0.15, 0.2) is 48.5 Å². The number of benzene rings is 2. The summed E-state index contributed by atoms with van der Waals surface area (Å²) in [6.07, 6.45) is 0. The molecule has 0 radical (unpaired) electrons. The summed E-state index contributed by atoms with van der Waals surface area (Å²) in [6, 6.07) is 16.0. The highest BCUT2D eigenvalue weighted by atomic mass is 35.5. The van der Waals surface area contributed by atoms with Crippen molar-refractivity contribution in [3.05, 3.63) is 54.4 Å². The lowest BCUT2D eigenvalue weighted by Crippen LogP contribution is -1.98. The molecule has 0 N–H and O–H groups in total. The van der Waals surface area contributed by atoms with Gasteiger partial charge in [0.05, 0.1) is 18.5 Å². The van der Waals surface area contributed by atoms with Crippen LogP contribution in [-0.2, 0) is 5.88 Å². The highest BCUT2D eigenvalue weighted by Crippen LogP contribution is 2.28. The van der Waals surface area contributed by atoms with E-state index >= 15 is 0 Å². The van der Waals surface area contributed by atoms with Crippen molar-refractivity contribution in [1.29, 1.82) is 0 Å². The number of hydrogen-bond acceptors (Lipinski definition) is 2. The number of para-hydroxylation sites is 2. The van der Waals surface area contributed by atoms with Crippen LogP contribution in [0.3, 0.4) is 0 Å². The van der Waals surface area contributed by atoms with E-state index in [2.05, 4.69) is 9.55 Å². The minimum Gasteiger partial charge on any atom is -0.494 e. The highest BCUT2D eigenvalue weighted by Gasteiger charge is 2.14. The molecule has 0 bridgehead atoms. The van der Waals surface area contributed by atoms with E-state index in [1.807, 2.05) is 48.5 Å². The van der Waals surface area contributed by atoms with Gasteiger partial charge >= 0.3 is 0 Å². The molecule has 0 fully saturated rings. The zero-order valence-electron chi connectivity index (χ0n) is 10.5. The maximum atomic E-state index is 6.02. The third kappa shape index (κ3) is 1.96. The summed E-state index contributed by atoms with van der Waals surface area (Å²) in [6.45, 7) is 0. The number of ether oxygens (including phenoxy) is 1. The van der Waals surface area contributed by atoms with Crippen LogP contribution >= 0.6 is 11.6 Å². The van der Waals surface area contributed by atoms with Gasteiger partial charge in [-0.3, -0.25) is 4.57 Å². The molecule has 0 atom stereocenters. The summed E-state index contributed by atoms with van der Waals surface area (Å²) in [5.74, 6) is 1.93. The largest absolute Gasteiger partial charge is 0.494 e. The molecule has 0 amide bonds. The summed E-state index contributed by atoms with van der Waals surface area (Å²) >= 11 is 6.02. The number of halogens is 1. The quantitative estimate of drug-likeness (QED) is 0.679. The lowest BCUT2D eigenvalue weighted by molar-refractivity contribution is 0.419. The van der Waals surface area contributed by atoms with E-state index < -0.39 is 0 Å². The third-order valence-electron chi connectivity index (χ3n) is 3.07. The predicted molar refractivity (Wildman–Crippen MR) is 77.2 cm³/mol. The van der Waals surface area contributed by atoms with Crippen LogP contribution in [-0.4, -0.2) is 16.7 Å². The van der Waals surface area contributed by atoms with E-state index in [0.717, 1.165) is 28.3 Å². The summed E-state index contributed by atoms with van der Waals surface area (Å²) in [4.78, 5) is 4.58.